The molecule has 1 fully saturated rings. The van der Waals surface area contributed by atoms with E-state index in [1.54, 1.807) is 0 Å². The molecule has 1 aromatic rings. The minimum atomic E-state index is 0.600. The van der Waals surface area contributed by atoms with E-state index in [0.29, 0.717) is 6.04 Å². The lowest BCUT2D eigenvalue weighted by Gasteiger charge is -2.34. The highest BCUT2D eigenvalue weighted by atomic mass is 15.2. The molecule has 0 aromatic carbocycles. The molecule has 0 aliphatic heterocycles. The summed E-state index contributed by atoms with van der Waals surface area (Å²) in [4.78, 5) is 11.3. The smallest absolute Gasteiger partial charge is 0.225 e. The van der Waals surface area contributed by atoms with E-state index in [2.05, 4.69) is 41.1 Å². The van der Waals surface area contributed by atoms with Gasteiger partial charge in [0.25, 0.3) is 0 Å². The summed E-state index contributed by atoms with van der Waals surface area (Å²) in [5.74, 6) is 1.69. The van der Waals surface area contributed by atoms with Gasteiger partial charge in [0.05, 0.1) is 0 Å². The second kappa shape index (κ2) is 6.85. The van der Waals surface area contributed by atoms with Crippen LogP contribution in [-0.2, 0) is 6.54 Å². The van der Waals surface area contributed by atoms with Crippen molar-refractivity contribution >= 4 is 5.95 Å². The highest BCUT2D eigenvalue weighted by Gasteiger charge is 2.23. The topological polar surface area (TPSA) is 41.1 Å². The van der Waals surface area contributed by atoms with Gasteiger partial charge in [0.1, 0.15) is 0 Å². The fraction of sp³-hybridized carbons (Fsp3) is 0.733. The molecule has 1 N–H and O–H groups in total. The zero-order valence-corrected chi connectivity index (χ0v) is 12.4. The van der Waals surface area contributed by atoms with Gasteiger partial charge in [-0.2, -0.15) is 0 Å². The highest BCUT2D eigenvalue weighted by Crippen LogP contribution is 2.28. The van der Waals surface area contributed by atoms with E-state index < -0.39 is 0 Å². The van der Waals surface area contributed by atoms with E-state index in [-0.39, 0.29) is 0 Å². The molecule has 1 heterocycles. The Labute approximate surface area is 116 Å². The maximum Gasteiger partial charge on any atom is 0.225 e. The fourth-order valence-electron chi connectivity index (χ4n) is 2.81. The van der Waals surface area contributed by atoms with Gasteiger partial charge < -0.3 is 10.2 Å². The average Bonchev–Trinajstić information content (AvgIpc) is 2.45. The Morgan fingerprint density at radius 3 is 2.68 bits per heavy atom. The minimum Gasteiger partial charge on any atom is -0.341 e. The molecule has 0 spiro atoms. The van der Waals surface area contributed by atoms with Crippen molar-refractivity contribution in [2.24, 2.45) is 5.92 Å². The zero-order valence-electron chi connectivity index (χ0n) is 12.4. The summed E-state index contributed by atoms with van der Waals surface area (Å²) in [6, 6.07) is 0.600. The number of nitrogens with one attached hydrogen (secondary N) is 1. The fourth-order valence-corrected chi connectivity index (χ4v) is 2.81. The van der Waals surface area contributed by atoms with Crippen molar-refractivity contribution in [3.8, 4) is 0 Å². The van der Waals surface area contributed by atoms with Crippen molar-refractivity contribution in [3.63, 3.8) is 0 Å². The Morgan fingerprint density at radius 2 is 2.05 bits per heavy atom. The molecule has 0 radical (unpaired) electrons. The van der Waals surface area contributed by atoms with Crippen LogP contribution < -0.4 is 10.2 Å². The van der Waals surface area contributed by atoms with E-state index in [1.807, 2.05) is 12.4 Å². The Hall–Kier alpha value is -1.16. The van der Waals surface area contributed by atoms with E-state index >= 15 is 0 Å². The van der Waals surface area contributed by atoms with Crippen molar-refractivity contribution < 1.29 is 0 Å². The lowest BCUT2D eigenvalue weighted by molar-refractivity contribution is 0.334. The normalized spacial score (nSPS) is 23.3. The summed E-state index contributed by atoms with van der Waals surface area (Å²) in [5.41, 5.74) is 1.15. The molecule has 1 aromatic heterocycles. The van der Waals surface area contributed by atoms with Crippen LogP contribution >= 0.6 is 0 Å². The van der Waals surface area contributed by atoms with Crippen LogP contribution in [-0.4, -0.2) is 29.6 Å². The largest absolute Gasteiger partial charge is 0.341 e. The summed E-state index contributed by atoms with van der Waals surface area (Å²) < 4.78 is 0. The lowest BCUT2D eigenvalue weighted by atomic mass is 9.86. The molecule has 2 atom stereocenters. The highest BCUT2D eigenvalue weighted by molar-refractivity contribution is 5.30. The third-order valence-electron chi connectivity index (χ3n) is 4.04. The maximum atomic E-state index is 4.51. The monoisotopic (exact) mass is 262 g/mol. The van der Waals surface area contributed by atoms with Crippen molar-refractivity contribution in [2.75, 3.05) is 18.5 Å². The Kier molecular flexibility index (Phi) is 5.14. The van der Waals surface area contributed by atoms with Gasteiger partial charge in [0.2, 0.25) is 5.95 Å². The molecule has 4 heteroatoms. The second-order valence-corrected chi connectivity index (χ2v) is 5.71. The van der Waals surface area contributed by atoms with Crippen molar-refractivity contribution in [1.29, 1.82) is 0 Å². The standard InChI is InChI=1S/C15H26N4/c1-4-16-9-13-10-17-15(18-11-13)19(3)14-7-5-6-12(2)8-14/h10-12,14,16H,4-9H2,1-3H3. The van der Waals surface area contributed by atoms with Crippen molar-refractivity contribution in [3.05, 3.63) is 18.0 Å². The molecule has 1 aliphatic rings. The number of hydrogen-bond donors (Lipinski definition) is 1. The van der Waals surface area contributed by atoms with E-state index in [1.165, 1.54) is 25.7 Å². The van der Waals surface area contributed by atoms with Crippen molar-refractivity contribution in [1.82, 2.24) is 15.3 Å². The Balaban J connectivity index is 1.96. The average molecular weight is 262 g/mol. The van der Waals surface area contributed by atoms with Crippen LogP contribution in [0.3, 0.4) is 0 Å². The van der Waals surface area contributed by atoms with Crippen LogP contribution in [0.15, 0.2) is 12.4 Å². The minimum absolute atomic E-state index is 0.600. The van der Waals surface area contributed by atoms with Crippen LogP contribution in [0.5, 0.6) is 0 Å². The molecule has 4 nitrogen and oxygen atoms in total. The van der Waals surface area contributed by atoms with Gasteiger partial charge in [-0.25, -0.2) is 9.97 Å². The first-order chi connectivity index (χ1) is 9.20. The second-order valence-electron chi connectivity index (χ2n) is 5.71. The molecular weight excluding hydrogens is 236 g/mol. The van der Waals surface area contributed by atoms with Gasteiger partial charge >= 0.3 is 0 Å². The van der Waals surface area contributed by atoms with Gasteiger partial charge in [-0.05, 0) is 25.3 Å². The third-order valence-corrected chi connectivity index (χ3v) is 4.04. The molecule has 0 saturated heterocycles. The lowest BCUT2D eigenvalue weighted by Crippen LogP contribution is -2.36. The summed E-state index contributed by atoms with van der Waals surface area (Å²) in [5, 5.41) is 3.29. The quantitative estimate of drug-likeness (QED) is 0.885. The molecular formula is C15H26N4. The number of aromatic nitrogens is 2. The molecule has 2 unspecified atom stereocenters. The van der Waals surface area contributed by atoms with Crippen molar-refractivity contribution in [2.45, 2.75) is 52.1 Å². The molecule has 0 bridgehead atoms. The first-order valence-electron chi connectivity index (χ1n) is 7.45. The SMILES string of the molecule is CCNCc1cnc(N(C)C2CCCC(C)C2)nc1. The molecule has 2 rings (SSSR count). The summed E-state index contributed by atoms with van der Waals surface area (Å²) in [6.45, 7) is 6.27. The Bertz CT molecular complexity index is 376. The van der Waals surface area contributed by atoms with E-state index in [9.17, 15) is 0 Å². The van der Waals surface area contributed by atoms with Crippen LogP contribution in [0.2, 0.25) is 0 Å². The summed E-state index contributed by atoms with van der Waals surface area (Å²) >= 11 is 0. The third kappa shape index (κ3) is 3.90. The first-order valence-corrected chi connectivity index (χ1v) is 7.45. The predicted octanol–water partition coefficient (Wildman–Crippen LogP) is 2.60. The number of nitrogens with zero attached hydrogens (tertiary/aromatic N) is 3. The van der Waals surface area contributed by atoms with Crippen LogP contribution in [0.1, 0.15) is 45.1 Å². The predicted molar refractivity (Wildman–Crippen MR) is 79.2 cm³/mol. The van der Waals surface area contributed by atoms with Crippen LogP contribution in [0, 0.1) is 5.92 Å². The molecule has 1 saturated carbocycles. The number of rotatable bonds is 5. The summed E-state index contributed by atoms with van der Waals surface area (Å²) in [7, 11) is 2.13. The molecule has 106 valence electrons. The first kappa shape index (κ1) is 14.3. The number of anilines is 1. The van der Waals surface area contributed by atoms with Gasteiger partial charge in [-0.1, -0.05) is 26.7 Å². The van der Waals surface area contributed by atoms with E-state index in [0.717, 1.165) is 30.5 Å². The Morgan fingerprint density at radius 1 is 1.32 bits per heavy atom. The molecule has 19 heavy (non-hydrogen) atoms. The molecule has 1 aliphatic carbocycles. The summed E-state index contributed by atoms with van der Waals surface area (Å²) in [6.07, 6.45) is 9.10. The number of hydrogen-bond acceptors (Lipinski definition) is 4. The zero-order chi connectivity index (χ0) is 13.7. The van der Waals surface area contributed by atoms with Gasteiger partial charge in [-0.3, -0.25) is 0 Å². The van der Waals surface area contributed by atoms with Gasteiger partial charge in [0, 0.05) is 37.6 Å². The van der Waals surface area contributed by atoms with Crippen LogP contribution in [0.4, 0.5) is 5.95 Å². The van der Waals surface area contributed by atoms with E-state index in [4.69, 9.17) is 0 Å². The van der Waals surface area contributed by atoms with Gasteiger partial charge in [0.15, 0.2) is 0 Å². The maximum absolute atomic E-state index is 4.51. The molecule has 0 amide bonds. The van der Waals surface area contributed by atoms with Crippen LogP contribution in [0.25, 0.3) is 0 Å². The van der Waals surface area contributed by atoms with Gasteiger partial charge in [-0.15, -0.1) is 0 Å².